The highest BCUT2D eigenvalue weighted by molar-refractivity contribution is 5.99. The summed E-state index contributed by atoms with van der Waals surface area (Å²) in [5.41, 5.74) is 0.712. The van der Waals surface area contributed by atoms with Crippen molar-refractivity contribution in [1.82, 2.24) is 0 Å². The van der Waals surface area contributed by atoms with Crippen LogP contribution in [-0.4, -0.2) is 12.5 Å². The van der Waals surface area contributed by atoms with Crippen molar-refractivity contribution in [3.63, 3.8) is 0 Å². The second kappa shape index (κ2) is 9.20. The van der Waals surface area contributed by atoms with Crippen LogP contribution in [0.25, 0.3) is 0 Å². The first kappa shape index (κ1) is 17.3. The fourth-order valence-corrected chi connectivity index (χ4v) is 1.95. The molecule has 4 nitrogen and oxygen atoms in total. The first-order valence-electron chi connectivity index (χ1n) is 7.82. The summed E-state index contributed by atoms with van der Waals surface area (Å²) in [6.45, 7) is 4.48. The van der Waals surface area contributed by atoms with Gasteiger partial charge in [0.1, 0.15) is 17.2 Å². The summed E-state index contributed by atoms with van der Waals surface area (Å²) in [6, 6.07) is 14.6. The lowest BCUT2D eigenvalue weighted by molar-refractivity contribution is -0.111. The molecule has 0 fully saturated rings. The Morgan fingerprint density at radius 3 is 2.12 bits per heavy atom. The molecule has 0 saturated heterocycles. The summed E-state index contributed by atoms with van der Waals surface area (Å²) >= 11 is 0. The van der Waals surface area contributed by atoms with Crippen LogP contribution in [0.2, 0.25) is 0 Å². The van der Waals surface area contributed by atoms with Crippen LogP contribution >= 0.6 is 0 Å². The standard InChI is InChI=1S/C20H21NO3/c1-3-5-6-7-20(22)21-16-8-10-18(11-9-16)24-19-14-12-17(13-15-19)23-4-2/h3,5-15H,4H2,1-2H3,(H,21,22)/b5-3+,7-6+. The number of carbonyl (C=O) groups is 1. The van der Waals surface area contributed by atoms with Gasteiger partial charge in [0.15, 0.2) is 0 Å². The van der Waals surface area contributed by atoms with Crippen molar-refractivity contribution in [3.05, 3.63) is 72.8 Å². The number of hydrogen-bond donors (Lipinski definition) is 1. The third-order valence-corrected chi connectivity index (χ3v) is 3.04. The van der Waals surface area contributed by atoms with Crippen molar-refractivity contribution in [2.24, 2.45) is 0 Å². The Balaban J connectivity index is 1.92. The maximum Gasteiger partial charge on any atom is 0.248 e. The van der Waals surface area contributed by atoms with Crippen LogP contribution in [-0.2, 0) is 4.79 Å². The molecule has 2 aromatic carbocycles. The molecule has 0 unspecified atom stereocenters. The molecular formula is C20H21NO3. The Kier molecular flexibility index (Phi) is 6.65. The average Bonchev–Trinajstić information content (AvgIpc) is 2.59. The third-order valence-electron chi connectivity index (χ3n) is 3.04. The first-order valence-corrected chi connectivity index (χ1v) is 7.82. The van der Waals surface area contributed by atoms with Gasteiger partial charge in [0.25, 0.3) is 0 Å². The van der Waals surface area contributed by atoms with Crippen molar-refractivity contribution in [1.29, 1.82) is 0 Å². The van der Waals surface area contributed by atoms with Gasteiger partial charge in [-0.05, 0) is 62.4 Å². The van der Waals surface area contributed by atoms with Crippen LogP contribution in [0.15, 0.2) is 72.8 Å². The lowest BCUT2D eigenvalue weighted by Crippen LogP contribution is -2.07. The number of amides is 1. The van der Waals surface area contributed by atoms with Crippen molar-refractivity contribution in [3.8, 4) is 17.2 Å². The van der Waals surface area contributed by atoms with Crippen LogP contribution in [0, 0.1) is 0 Å². The number of nitrogens with one attached hydrogen (secondary N) is 1. The van der Waals surface area contributed by atoms with Gasteiger partial charge in [-0.25, -0.2) is 0 Å². The zero-order valence-corrected chi connectivity index (χ0v) is 13.9. The molecule has 4 heteroatoms. The molecule has 0 bridgehead atoms. The molecule has 2 aromatic rings. The average molecular weight is 323 g/mol. The summed E-state index contributed by atoms with van der Waals surface area (Å²) < 4.78 is 11.2. The molecule has 0 aliphatic rings. The Morgan fingerprint density at radius 2 is 1.54 bits per heavy atom. The normalized spacial score (nSPS) is 10.9. The largest absolute Gasteiger partial charge is 0.494 e. The molecule has 0 spiro atoms. The predicted octanol–water partition coefficient (Wildman–Crippen LogP) is 4.95. The molecule has 0 aliphatic heterocycles. The quantitative estimate of drug-likeness (QED) is 0.579. The van der Waals surface area contributed by atoms with Gasteiger partial charge in [0.2, 0.25) is 5.91 Å². The topological polar surface area (TPSA) is 47.6 Å². The van der Waals surface area contributed by atoms with E-state index in [9.17, 15) is 4.79 Å². The smallest absolute Gasteiger partial charge is 0.248 e. The van der Waals surface area contributed by atoms with E-state index >= 15 is 0 Å². The lowest BCUT2D eigenvalue weighted by atomic mass is 10.3. The third kappa shape index (κ3) is 5.65. The van der Waals surface area contributed by atoms with Crippen molar-refractivity contribution in [2.75, 3.05) is 11.9 Å². The van der Waals surface area contributed by atoms with Crippen LogP contribution in [0.3, 0.4) is 0 Å². The van der Waals surface area contributed by atoms with Crippen molar-refractivity contribution >= 4 is 11.6 Å². The molecule has 0 radical (unpaired) electrons. The highest BCUT2D eigenvalue weighted by atomic mass is 16.5. The van der Waals surface area contributed by atoms with E-state index in [1.54, 1.807) is 24.3 Å². The van der Waals surface area contributed by atoms with Gasteiger partial charge in [-0.1, -0.05) is 18.2 Å². The highest BCUT2D eigenvalue weighted by Gasteiger charge is 2.01. The van der Waals surface area contributed by atoms with Gasteiger partial charge in [-0.15, -0.1) is 0 Å². The maximum absolute atomic E-state index is 11.7. The number of anilines is 1. The fourth-order valence-electron chi connectivity index (χ4n) is 1.95. The van der Waals surface area contributed by atoms with E-state index in [2.05, 4.69) is 5.32 Å². The van der Waals surface area contributed by atoms with Crippen LogP contribution in [0.5, 0.6) is 17.2 Å². The minimum absolute atomic E-state index is 0.173. The number of ether oxygens (including phenoxy) is 2. The van der Waals surface area contributed by atoms with Gasteiger partial charge in [0.05, 0.1) is 6.61 Å². The molecule has 0 saturated carbocycles. The summed E-state index contributed by atoms with van der Waals surface area (Å²) in [7, 11) is 0. The number of benzene rings is 2. The van der Waals surface area contributed by atoms with E-state index in [4.69, 9.17) is 9.47 Å². The molecule has 124 valence electrons. The summed E-state index contributed by atoms with van der Waals surface area (Å²) in [6.07, 6.45) is 6.83. The summed E-state index contributed by atoms with van der Waals surface area (Å²) in [4.78, 5) is 11.7. The van der Waals surface area contributed by atoms with E-state index in [1.165, 1.54) is 6.08 Å². The number of allylic oxidation sites excluding steroid dienone is 3. The zero-order valence-electron chi connectivity index (χ0n) is 13.9. The molecule has 0 aliphatic carbocycles. The predicted molar refractivity (Wildman–Crippen MR) is 96.7 cm³/mol. The number of carbonyl (C=O) groups excluding carboxylic acids is 1. The van der Waals surface area contributed by atoms with Gasteiger partial charge in [-0.3, -0.25) is 4.79 Å². The molecule has 1 amide bonds. The first-order chi connectivity index (χ1) is 11.7. The van der Waals surface area contributed by atoms with Crippen LogP contribution in [0.4, 0.5) is 5.69 Å². The van der Waals surface area contributed by atoms with Crippen LogP contribution < -0.4 is 14.8 Å². The Labute approximate surface area is 142 Å². The Morgan fingerprint density at radius 1 is 0.958 bits per heavy atom. The van der Waals surface area contributed by atoms with Gasteiger partial charge in [0, 0.05) is 11.8 Å². The second-order valence-corrected chi connectivity index (χ2v) is 4.91. The minimum Gasteiger partial charge on any atom is -0.494 e. The monoisotopic (exact) mass is 323 g/mol. The Hall–Kier alpha value is -3.01. The van der Waals surface area contributed by atoms with Crippen molar-refractivity contribution < 1.29 is 14.3 Å². The fraction of sp³-hybridized carbons (Fsp3) is 0.150. The minimum atomic E-state index is -0.173. The molecule has 2 rings (SSSR count). The summed E-state index contributed by atoms with van der Waals surface area (Å²) in [5.74, 6) is 2.06. The molecule has 24 heavy (non-hydrogen) atoms. The number of rotatable bonds is 7. The van der Waals surface area contributed by atoms with E-state index in [0.717, 1.165) is 11.5 Å². The SMILES string of the molecule is C/C=C/C=C/C(=O)Nc1ccc(Oc2ccc(OCC)cc2)cc1. The Bertz CT molecular complexity index is 701. The summed E-state index contributed by atoms with van der Waals surface area (Å²) in [5, 5.41) is 2.78. The van der Waals surface area contributed by atoms with E-state index < -0.39 is 0 Å². The molecule has 0 heterocycles. The van der Waals surface area contributed by atoms with E-state index in [1.807, 2.05) is 56.3 Å². The van der Waals surface area contributed by atoms with Crippen LogP contribution in [0.1, 0.15) is 13.8 Å². The lowest BCUT2D eigenvalue weighted by Gasteiger charge is -2.08. The van der Waals surface area contributed by atoms with Gasteiger partial charge >= 0.3 is 0 Å². The van der Waals surface area contributed by atoms with Crippen molar-refractivity contribution in [2.45, 2.75) is 13.8 Å². The molecule has 1 N–H and O–H groups in total. The maximum atomic E-state index is 11.7. The van der Waals surface area contributed by atoms with Gasteiger partial charge in [-0.2, -0.15) is 0 Å². The van der Waals surface area contributed by atoms with Gasteiger partial charge < -0.3 is 14.8 Å². The zero-order chi connectivity index (χ0) is 17.2. The number of hydrogen-bond acceptors (Lipinski definition) is 3. The molecular weight excluding hydrogens is 302 g/mol. The highest BCUT2D eigenvalue weighted by Crippen LogP contribution is 2.25. The van der Waals surface area contributed by atoms with E-state index in [-0.39, 0.29) is 5.91 Å². The molecule has 0 atom stereocenters. The second-order valence-electron chi connectivity index (χ2n) is 4.91. The molecule has 0 aromatic heterocycles. The van der Waals surface area contributed by atoms with E-state index in [0.29, 0.717) is 18.0 Å².